The summed E-state index contributed by atoms with van der Waals surface area (Å²) in [6.45, 7) is 3.40. The van der Waals surface area contributed by atoms with E-state index in [1.807, 2.05) is 0 Å². The highest BCUT2D eigenvalue weighted by molar-refractivity contribution is 7.92. The summed E-state index contributed by atoms with van der Waals surface area (Å²) in [5.41, 5.74) is 0.306. The first-order chi connectivity index (χ1) is 15.0. The number of non-ortho nitro benzene ring substituents is 1. The van der Waals surface area contributed by atoms with Gasteiger partial charge in [-0.2, -0.15) is 0 Å². The van der Waals surface area contributed by atoms with Gasteiger partial charge in [-0.3, -0.25) is 19.2 Å². The largest absolute Gasteiger partial charge is 0.496 e. The number of nitrogens with one attached hydrogen (secondary N) is 1. The average Bonchev–Trinajstić information content (AvgIpc) is 2.75. The third-order valence-electron chi connectivity index (χ3n) is 4.90. The van der Waals surface area contributed by atoms with E-state index in [-0.39, 0.29) is 23.5 Å². The number of amides is 1. The van der Waals surface area contributed by atoms with E-state index in [0.29, 0.717) is 5.75 Å². The molecule has 0 saturated heterocycles. The van der Waals surface area contributed by atoms with Crippen molar-refractivity contribution in [3.05, 3.63) is 58.1 Å². The fourth-order valence-corrected chi connectivity index (χ4v) is 4.62. The molecule has 1 amide bonds. The van der Waals surface area contributed by atoms with Crippen LogP contribution in [0.5, 0.6) is 11.5 Å². The quantitative estimate of drug-likeness (QED) is 0.422. The molecular formula is C21H27N3O7S. The minimum Gasteiger partial charge on any atom is -0.496 e. The third-order valence-corrected chi connectivity index (χ3v) is 6.07. The maximum Gasteiger partial charge on any atom is 0.271 e. The van der Waals surface area contributed by atoms with Gasteiger partial charge in [-0.25, -0.2) is 8.42 Å². The van der Waals surface area contributed by atoms with E-state index in [2.05, 4.69) is 5.32 Å². The highest BCUT2D eigenvalue weighted by Crippen LogP contribution is 2.36. The van der Waals surface area contributed by atoms with Crippen LogP contribution in [0, 0.1) is 10.1 Å². The zero-order chi connectivity index (χ0) is 24.1. The van der Waals surface area contributed by atoms with Gasteiger partial charge in [0.05, 0.1) is 31.4 Å². The summed E-state index contributed by atoms with van der Waals surface area (Å²) < 4.78 is 36.9. The standard InChI is InChI=1S/C21H27N3O7S/c1-6-17(21(25)22-14(2)16-9-7-8-10-19(16)30-3)23(32(5,28)29)18-13-15(24(26)27)11-12-20(18)31-4/h7-14,17H,6H2,1-5H3,(H,22,25)/t14-,17+/m0/s1. The van der Waals surface area contributed by atoms with Gasteiger partial charge in [0, 0.05) is 17.7 Å². The molecule has 0 aliphatic carbocycles. The number of nitro benzene ring substituents is 1. The van der Waals surface area contributed by atoms with Crippen LogP contribution < -0.4 is 19.1 Å². The lowest BCUT2D eigenvalue weighted by molar-refractivity contribution is -0.384. The predicted octanol–water partition coefficient (Wildman–Crippen LogP) is 3.03. The van der Waals surface area contributed by atoms with Gasteiger partial charge in [0.2, 0.25) is 15.9 Å². The maximum atomic E-state index is 13.2. The van der Waals surface area contributed by atoms with Crippen molar-refractivity contribution in [1.29, 1.82) is 0 Å². The lowest BCUT2D eigenvalue weighted by Crippen LogP contribution is -2.49. The molecule has 0 aromatic heterocycles. The van der Waals surface area contributed by atoms with Gasteiger partial charge in [-0.1, -0.05) is 25.1 Å². The van der Waals surface area contributed by atoms with Gasteiger partial charge < -0.3 is 14.8 Å². The molecule has 0 unspecified atom stereocenters. The summed E-state index contributed by atoms with van der Waals surface area (Å²) in [6.07, 6.45) is 1.05. The van der Waals surface area contributed by atoms with Crippen molar-refractivity contribution in [3.63, 3.8) is 0 Å². The van der Waals surface area contributed by atoms with Crippen molar-refractivity contribution in [2.24, 2.45) is 0 Å². The monoisotopic (exact) mass is 465 g/mol. The summed E-state index contributed by atoms with van der Waals surface area (Å²) in [6, 6.07) is 9.08. The Kier molecular flexibility index (Phi) is 8.03. The van der Waals surface area contributed by atoms with E-state index in [4.69, 9.17) is 9.47 Å². The molecular weight excluding hydrogens is 438 g/mol. The third kappa shape index (κ3) is 5.47. The molecule has 2 atom stereocenters. The van der Waals surface area contributed by atoms with Gasteiger partial charge in [-0.15, -0.1) is 0 Å². The lowest BCUT2D eigenvalue weighted by atomic mass is 10.1. The Morgan fingerprint density at radius 3 is 2.31 bits per heavy atom. The summed E-state index contributed by atoms with van der Waals surface area (Å²) in [5.74, 6) is 0.101. The molecule has 0 fully saturated rings. The smallest absolute Gasteiger partial charge is 0.271 e. The highest BCUT2D eigenvalue weighted by Gasteiger charge is 2.35. The first kappa shape index (κ1) is 24.9. The zero-order valence-electron chi connectivity index (χ0n) is 18.6. The van der Waals surface area contributed by atoms with Crippen molar-refractivity contribution in [2.45, 2.75) is 32.4 Å². The SMILES string of the molecule is CC[C@H](C(=O)N[C@@H](C)c1ccccc1OC)N(c1cc([N+](=O)[O-])ccc1OC)S(C)(=O)=O. The number of rotatable bonds is 10. The fourth-order valence-electron chi connectivity index (χ4n) is 3.41. The highest BCUT2D eigenvalue weighted by atomic mass is 32.2. The van der Waals surface area contributed by atoms with E-state index in [1.54, 1.807) is 38.1 Å². The number of methoxy groups -OCH3 is 2. The normalized spacial score (nSPS) is 13.0. The van der Waals surface area contributed by atoms with Crippen LogP contribution in [0.15, 0.2) is 42.5 Å². The molecule has 32 heavy (non-hydrogen) atoms. The zero-order valence-corrected chi connectivity index (χ0v) is 19.4. The van der Waals surface area contributed by atoms with Crippen LogP contribution in [-0.4, -0.2) is 45.8 Å². The topological polar surface area (TPSA) is 128 Å². The van der Waals surface area contributed by atoms with Crippen LogP contribution >= 0.6 is 0 Å². The fraction of sp³-hybridized carbons (Fsp3) is 0.381. The number of carbonyl (C=O) groups is 1. The van der Waals surface area contributed by atoms with E-state index in [1.165, 1.54) is 26.4 Å². The Morgan fingerprint density at radius 1 is 1.16 bits per heavy atom. The number of benzene rings is 2. The second-order valence-corrected chi connectivity index (χ2v) is 8.93. The van der Waals surface area contributed by atoms with Crippen molar-refractivity contribution >= 4 is 27.3 Å². The van der Waals surface area contributed by atoms with Crippen molar-refractivity contribution in [2.75, 3.05) is 24.8 Å². The molecule has 174 valence electrons. The van der Waals surface area contributed by atoms with Crippen molar-refractivity contribution in [3.8, 4) is 11.5 Å². The summed E-state index contributed by atoms with van der Waals surface area (Å²) in [7, 11) is -1.19. The number of hydrogen-bond donors (Lipinski definition) is 1. The maximum absolute atomic E-state index is 13.2. The van der Waals surface area contributed by atoms with Gasteiger partial charge in [-0.05, 0) is 25.5 Å². The second kappa shape index (κ2) is 10.3. The van der Waals surface area contributed by atoms with E-state index >= 15 is 0 Å². The first-order valence-corrected chi connectivity index (χ1v) is 11.6. The lowest BCUT2D eigenvalue weighted by Gasteiger charge is -2.32. The molecule has 0 radical (unpaired) electrons. The number of hydrogen-bond acceptors (Lipinski definition) is 7. The Balaban J connectivity index is 2.49. The molecule has 0 heterocycles. The molecule has 0 saturated carbocycles. The van der Waals surface area contributed by atoms with Crippen LogP contribution in [0.3, 0.4) is 0 Å². The summed E-state index contributed by atoms with van der Waals surface area (Å²) >= 11 is 0. The van der Waals surface area contributed by atoms with Gasteiger partial charge in [0.15, 0.2) is 0 Å². The number of anilines is 1. The van der Waals surface area contributed by atoms with Gasteiger partial charge in [0.25, 0.3) is 5.69 Å². The molecule has 0 aliphatic heterocycles. The van der Waals surface area contributed by atoms with Crippen molar-refractivity contribution < 1.29 is 27.6 Å². The second-order valence-electron chi connectivity index (χ2n) is 7.07. The van der Waals surface area contributed by atoms with Crippen molar-refractivity contribution in [1.82, 2.24) is 5.32 Å². The van der Waals surface area contributed by atoms with Crippen LogP contribution in [0.1, 0.15) is 31.9 Å². The Bertz CT molecular complexity index is 1090. The molecule has 2 rings (SSSR count). The minimum atomic E-state index is -4.02. The van der Waals surface area contributed by atoms with Gasteiger partial charge in [0.1, 0.15) is 23.2 Å². The van der Waals surface area contributed by atoms with E-state index < -0.39 is 32.9 Å². The van der Waals surface area contributed by atoms with E-state index in [0.717, 1.165) is 22.2 Å². The number of sulfonamides is 1. The minimum absolute atomic E-state index is 0.0869. The van der Waals surface area contributed by atoms with Crippen LogP contribution in [0.2, 0.25) is 0 Å². The van der Waals surface area contributed by atoms with Crippen LogP contribution in [-0.2, 0) is 14.8 Å². The predicted molar refractivity (Wildman–Crippen MR) is 121 cm³/mol. The number of nitro groups is 1. The molecule has 11 heteroatoms. The Hall–Kier alpha value is -3.34. The molecule has 0 spiro atoms. The van der Waals surface area contributed by atoms with Crippen LogP contribution in [0.25, 0.3) is 0 Å². The molecule has 10 nitrogen and oxygen atoms in total. The molecule has 2 aromatic rings. The molecule has 1 N–H and O–H groups in total. The van der Waals surface area contributed by atoms with Crippen LogP contribution in [0.4, 0.5) is 11.4 Å². The summed E-state index contributed by atoms with van der Waals surface area (Å²) in [5, 5.41) is 14.1. The molecule has 0 aliphatic rings. The molecule has 2 aromatic carbocycles. The van der Waals surface area contributed by atoms with Gasteiger partial charge >= 0.3 is 0 Å². The number of nitrogens with zero attached hydrogens (tertiary/aromatic N) is 2. The average molecular weight is 466 g/mol. The van der Waals surface area contributed by atoms with E-state index in [9.17, 15) is 23.3 Å². The number of para-hydroxylation sites is 1. The summed E-state index contributed by atoms with van der Waals surface area (Å²) in [4.78, 5) is 23.8. The molecule has 0 bridgehead atoms. The first-order valence-electron chi connectivity index (χ1n) is 9.80. The Morgan fingerprint density at radius 2 is 1.78 bits per heavy atom. The Labute approximate surface area is 187 Å². The number of carbonyl (C=O) groups excluding carboxylic acids is 1. The number of ether oxygens (including phenoxy) is 2.